The fourth-order valence-electron chi connectivity index (χ4n) is 1.94. The summed E-state index contributed by atoms with van der Waals surface area (Å²) in [6.07, 6.45) is 1.93. The average Bonchev–Trinajstić information content (AvgIpc) is 3.01. The average molecular weight is 364 g/mol. The SMILES string of the molecule is CC(C)(C)OC(=O)NCc1cnc(-c2ccc(OCCCO)cc2)s1. The monoisotopic (exact) mass is 364 g/mol. The smallest absolute Gasteiger partial charge is 0.407 e. The zero-order chi connectivity index (χ0) is 18.3. The minimum Gasteiger partial charge on any atom is -0.494 e. The van der Waals surface area contributed by atoms with Gasteiger partial charge in [-0.25, -0.2) is 9.78 Å². The largest absolute Gasteiger partial charge is 0.494 e. The van der Waals surface area contributed by atoms with Crippen LogP contribution in [0, 0.1) is 0 Å². The number of aliphatic hydroxyl groups is 1. The fraction of sp³-hybridized carbons (Fsp3) is 0.444. The van der Waals surface area contributed by atoms with E-state index in [1.54, 1.807) is 6.20 Å². The predicted molar refractivity (Wildman–Crippen MR) is 97.8 cm³/mol. The van der Waals surface area contributed by atoms with Gasteiger partial charge in [0.05, 0.1) is 13.2 Å². The highest BCUT2D eigenvalue weighted by molar-refractivity contribution is 7.15. The third-order valence-corrected chi connectivity index (χ3v) is 4.08. The van der Waals surface area contributed by atoms with Gasteiger partial charge in [-0.05, 0) is 45.0 Å². The van der Waals surface area contributed by atoms with E-state index in [2.05, 4.69) is 10.3 Å². The maximum atomic E-state index is 11.7. The summed E-state index contributed by atoms with van der Waals surface area (Å²) in [6.45, 7) is 6.48. The molecular weight excluding hydrogens is 340 g/mol. The van der Waals surface area contributed by atoms with E-state index in [4.69, 9.17) is 14.6 Å². The predicted octanol–water partition coefficient (Wildman–Crippen LogP) is 3.60. The van der Waals surface area contributed by atoms with E-state index >= 15 is 0 Å². The lowest BCUT2D eigenvalue weighted by molar-refractivity contribution is 0.0524. The molecule has 1 aromatic heterocycles. The van der Waals surface area contributed by atoms with Crippen molar-refractivity contribution in [3.8, 4) is 16.3 Å². The van der Waals surface area contributed by atoms with Gasteiger partial charge in [-0.15, -0.1) is 11.3 Å². The van der Waals surface area contributed by atoms with Gasteiger partial charge in [0, 0.05) is 29.7 Å². The van der Waals surface area contributed by atoms with Gasteiger partial charge in [0.2, 0.25) is 0 Å². The zero-order valence-corrected chi connectivity index (χ0v) is 15.6. The fourth-order valence-corrected chi connectivity index (χ4v) is 2.80. The number of alkyl carbamates (subject to hydrolysis) is 1. The third kappa shape index (κ3) is 6.72. The molecule has 0 atom stereocenters. The number of rotatable bonds is 7. The van der Waals surface area contributed by atoms with Crippen LogP contribution in [0.4, 0.5) is 4.79 Å². The molecule has 0 saturated heterocycles. The first-order valence-electron chi connectivity index (χ1n) is 8.13. The van der Waals surface area contributed by atoms with E-state index in [9.17, 15) is 4.79 Å². The van der Waals surface area contributed by atoms with Gasteiger partial charge in [0.15, 0.2) is 0 Å². The van der Waals surface area contributed by atoms with E-state index in [1.165, 1.54) is 11.3 Å². The molecule has 0 radical (unpaired) electrons. The summed E-state index contributed by atoms with van der Waals surface area (Å²) in [6, 6.07) is 7.65. The number of carbonyl (C=O) groups is 1. The number of carbonyl (C=O) groups excluding carboxylic acids is 1. The molecule has 0 aliphatic heterocycles. The molecule has 0 aliphatic rings. The van der Waals surface area contributed by atoms with Gasteiger partial charge in [-0.2, -0.15) is 0 Å². The van der Waals surface area contributed by atoms with Crippen molar-refractivity contribution in [2.24, 2.45) is 0 Å². The molecule has 2 aromatic rings. The summed E-state index contributed by atoms with van der Waals surface area (Å²) in [5, 5.41) is 12.4. The van der Waals surface area contributed by atoms with E-state index in [0.29, 0.717) is 19.6 Å². The van der Waals surface area contributed by atoms with Crippen molar-refractivity contribution in [1.82, 2.24) is 10.3 Å². The van der Waals surface area contributed by atoms with Crippen LogP contribution in [0.1, 0.15) is 32.1 Å². The van der Waals surface area contributed by atoms with E-state index < -0.39 is 11.7 Å². The first kappa shape index (κ1) is 19.2. The molecule has 0 unspecified atom stereocenters. The molecule has 2 N–H and O–H groups in total. The van der Waals surface area contributed by atoms with Crippen molar-refractivity contribution in [3.05, 3.63) is 35.3 Å². The topological polar surface area (TPSA) is 80.7 Å². The molecule has 0 aliphatic carbocycles. The lowest BCUT2D eigenvalue weighted by atomic mass is 10.2. The maximum absolute atomic E-state index is 11.7. The maximum Gasteiger partial charge on any atom is 0.407 e. The van der Waals surface area contributed by atoms with Gasteiger partial charge in [0.1, 0.15) is 16.4 Å². The lowest BCUT2D eigenvalue weighted by Crippen LogP contribution is -2.31. The van der Waals surface area contributed by atoms with Crippen molar-refractivity contribution < 1.29 is 19.4 Å². The molecule has 136 valence electrons. The molecule has 0 fully saturated rings. The first-order chi connectivity index (χ1) is 11.9. The third-order valence-electron chi connectivity index (χ3n) is 3.03. The highest BCUT2D eigenvalue weighted by atomic mass is 32.1. The number of hydrogen-bond acceptors (Lipinski definition) is 6. The second-order valence-electron chi connectivity index (χ2n) is 6.44. The molecule has 7 heteroatoms. The Morgan fingerprint density at radius 2 is 2.00 bits per heavy atom. The van der Waals surface area contributed by atoms with Crippen LogP contribution in [0.2, 0.25) is 0 Å². The molecule has 1 heterocycles. The Hall–Kier alpha value is -2.12. The van der Waals surface area contributed by atoms with Crippen molar-refractivity contribution in [2.75, 3.05) is 13.2 Å². The molecule has 0 bridgehead atoms. The molecule has 1 amide bonds. The lowest BCUT2D eigenvalue weighted by Gasteiger charge is -2.19. The Bertz CT molecular complexity index is 677. The number of ether oxygens (including phenoxy) is 2. The van der Waals surface area contributed by atoms with Crippen LogP contribution in [0.5, 0.6) is 5.75 Å². The molecular formula is C18H24N2O4S. The number of amides is 1. The standard InChI is InChI=1S/C18H24N2O4S/c1-18(2,3)24-17(22)20-12-15-11-19-16(25-15)13-5-7-14(8-6-13)23-10-4-9-21/h5-8,11,21H,4,9-10,12H2,1-3H3,(H,20,22). The summed E-state index contributed by atoms with van der Waals surface area (Å²) in [7, 11) is 0. The summed E-state index contributed by atoms with van der Waals surface area (Å²) in [5.41, 5.74) is 0.479. The number of aromatic nitrogens is 1. The Kier molecular flexibility index (Phi) is 6.78. The minimum absolute atomic E-state index is 0.122. The summed E-state index contributed by atoms with van der Waals surface area (Å²) in [5.74, 6) is 0.764. The van der Waals surface area contributed by atoms with E-state index in [-0.39, 0.29) is 6.61 Å². The number of nitrogens with zero attached hydrogens (tertiary/aromatic N) is 1. The Morgan fingerprint density at radius 1 is 1.28 bits per heavy atom. The highest BCUT2D eigenvalue weighted by Crippen LogP contribution is 2.27. The van der Waals surface area contributed by atoms with Gasteiger partial charge in [-0.1, -0.05) is 0 Å². The van der Waals surface area contributed by atoms with Crippen LogP contribution in [-0.4, -0.2) is 35.0 Å². The Labute approximate surface area is 151 Å². The number of aliphatic hydroxyl groups excluding tert-OH is 1. The van der Waals surface area contributed by atoms with Gasteiger partial charge >= 0.3 is 6.09 Å². The van der Waals surface area contributed by atoms with E-state index in [1.807, 2.05) is 45.0 Å². The number of benzene rings is 1. The van der Waals surface area contributed by atoms with Crippen molar-refractivity contribution in [3.63, 3.8) is 0 Å². The quantitative estimate of drug-likeness (QED) is 0.734. The summed E-state index contributed by atoms with van der Waals surface area (Å²) in [4.78, 5) is 17.0. The summed E-state index contributed by atoms with van der Waals surface area (Å²) < 4.78 is 10.7. The van der Waals surface area contributed by atoms with Crippen LogP contribution in [0.25, 0.3) is 10.6 Å². The molecule has 0 spiro atoms. The number of hydrogen-bond donors (Lipinski definition) is 2. The highest BCUT2D eigenvalue weighted by Gasteiger charge is 2.16. The minimum atomic E-state index is -0.510. The van der Waals surface area contributed by atoms with E-state index in [0.717, 1.165) is 21.2 Å². The van der Waals surface area contributed by atoms with Crippen LogP contribution in [0.15, 0.2) is 30.5 Å². The normalized spacial score (nSPS) is 11.2. The Morgan fingerprint density at radius 3 is 2.64 bits per heavy atom. The molecule has 0 saturated carbocycles. The van der Waals surface area contributed by atoms with Crippen LogP contribution >= 0.6 is 11.3 Å². The van der Waals surface area contributed by atoms with Gasteiger partial charge in [-0.3, -0.25) is 0 Å². The van der Waals surface area contributed by atoms with Crippen LogP contribution in [-0.2, 0) is 11.3 Å². The Balaban J connectivity index is 1.89. The van der Waals surface area contributed by atoms with Crippen LogP contribution < -0.4 is 10.1 Å². The van der Waals surface area contributed by atoms with Gasteiger partial charge < -0.3 is 19.9 Å². The molecule has 1 aromatic carbocycles. The number of thiazole rings is 1. The second-order valence-corrected chi connectivity index (χ2v) is 7.55. The second kappa shape index (κ2) is 8.82. The van der Waals surface area contributed by atoms with Crippen molar-refractivity contribution in [1.29, 1.82) is 0 Å². The molecule has 6 nitrogen and oxygen atoms in total. The molecule has 25 heavy (non-hydrogen) atoms. The van der Waals surface area contributed by atoms with Crippen LogP contribution in [0.3, 0.4) is 0 Å². The first-order valence-corrected chi connectivity index (χ1v) is 8.95. The van der Waals surface area contributed by atoms with Gasteiger partial charge in [0.25, 0.3) is 0 Å². The summed E-state index contributed by atoms with van der Waals surface area (Å²) >= 11 is 1.52. The van der Waals surface area contributed by atoms with Crippen molar-refractivity contribution in [2.45, 2.75) is 39.3 Å². The van der Waals surface area contributed by atoms with Crippen molar-refractivity contribution >= 4 is 17.4 Å². The number of nitrogens with one attached hydrogen (secondary N) is 1. The molecule has 2 rings (SSSR count). The zero-order valence-electron chi connectivity index (χ0n) is 14.7.